The Morgan fingerprint density at radius 3 is 2.82 bits per heavy atom. The third kappa shape index (κ3) is 2.72. The molecule has 0 saturated carbocycles. The molecule has 88 valence electrons. The minimum absolute atomic E-state index is 0.678. The largest absolute Gasteiger partial charge is 0.396 e. The molecule has 0 bridgehead atoms. The van der Waals surface area contributed by atoms with Crippen LogP contribution < -0.4 is 11.1 Å². The number of nitrogens with one attached hydrogen (secondary N) is 1. The first-order chi connectivity index (χ1) is 8.16. The standard InChI is InChI=1S/C13H16N4/c1-9-5-12(14)13(16-6-9)17-8-11-3-4-15-7-10(11)2/h3-7H,8,14H2,1-2H3,(H,16,17). The van der Waals surface area contributed by atoms with Gasteiger partial charge in [-0.15, -0.1) is 0 Å². The molecule has 2 aromatic heterocycles. The third-order valence-corrected chi connectivity index (χ3v) is 2.64. The van der Waals surface area contributed by atoms with E-state index >= 15 is 0 Å². The first-order valence-corrected chi connectivity index (χ1v) is 5.52. The summed E-state index contributed by atoms with van der Waals surface area (Å²) >= 11 is 0. The van der Waals surface area contributed by atoms with Crippen LogP contribution in [-0.2, 0) is 6.54 Å². The molecule has 4 nitrogen and oxygen atoms in total. The molecule has 0 aromatic carbocycles. The van der Waals surface area contributed by atoms with Crippen molar-refractivity contribution in [3.05, 3.63) is 47.4 Å². The number of aryl methyl sites for hydroxylation is 2. The van der Waals surface area contributed by atoms with Crippen LogP contribution in [0.25, 0.3) is 0 Å². The monoisotopic (exact) mass is 228 g/mol. The fourth-order valence-corrected chi connectivity index (χ4v) is 1.62. The molecule has 2 aromatic rings. The topological polar surface area (TPSA) is 63.8 Å². The molecule has 0 spiro atoms. The summed E-state index contributed by atoms with van der Waals surface area (Å²) in [4.78, 5) is 8.33. The van der Waals surface area contributed by atoms with Crippen LogP contribution in [0.5, 0.6) is 0 Å². The van der Waals surface area contributed by atoms with Crippen molar-refractivity contribution in [1.29, 1.82) is 0 Å². The van der Waals surface area contributed by atoms with Crippen molar-refractivity contribution in [3.8, 4) is 0 Å². The van der Waals surface area contributed by atoms with Gasteiger partial charge in [-0.25, -0.2) is 4.98 Å². The maximum Gasteiger partial charge on any atom is 0.149 e. The molecule has 0 aliphatic heterocycles. The lowest BCUT2D eigenvalue weighted by Gasteiger charge is -2.10. The lowest BCUT2D eigenvalue weighted by molar-refractivity contribution is 1.07. The second-order valence-electron chi connectivity index (χ2n) is 4.11. The van der Waals surface area contributed by atoms with Crippen LogP contribution in [0, 0.1) is 13.8 Å². The predicted molar refractivity (Wildman–Crippen MR) is 69.7 cm³/mol. The van der Waals surface area contributed by atoms with Crippen molar-refractivity contribution < 1.29 is 0 Å². The summed E-state index contributed by atoms with van der Waals surface area (Å²) in [6, 6.07) is 3.90. The lowest BCUT2D eigenvalue weighted by Crippen LogP contribution is -2.06. The van der Waals surface area contributed by atoms with E-state index < -0.39 is 0 Å². The van der Waals surface area contributed by atoms with E-state index in [0.29, 0.717) is 12.2 Å². The van der Waals surface area contributed by atoms with Gasteiger partial charge in [-0.1, -0.05) is 0 Å². The van der Waals surface area contributed by atoms with Gasteiger partial charge in [0.15, 0.2) is 0 Å². The molecule has 0 aliphatic carbocycles. The number of rotatable bonds is 3. The smallest absolute Gasteiger partial charge is 0.149 e. The number of pyridine rings is 2. The van der Waals surface area contributed by atoms with Crippen LogP contribution in [-0.4, -0.2) is 9.97 Å². The van der Waals surface area contributed by atoms with E-state index in [1.54, 1.807) is 12.4 Å². The Kier molecular flexibility index (Phi) is 3.23. The minimum Gasteiger partial charge on any atom is -0.396 e. The summed E-state index contributed by atoms with van der Waals surface area (Å²) in [5, 5.41) is 3.23. The van der Waals surface area contributed by atoms with Gasteiger partial charge in [0.1, 0.15) is 5.82 Å². The van der Waals surface area contributed by atoms with E-state index in [4.69, 9.17) is 5.73 Å². The van der Waals surface area contributed by atoms with E-state index in [2.05, 4.69) is 15.3 Å². The molecule has 0 unspecified atom stereocenters. The summed E-state index contributed by atoms with van der Waals surface area (Å²) in [7, 11) is 0. The van der Waals surface area contributed by atoms with Crippen LogP contribution in [0.1, 0.15) is 16.7 Å². The summed E-state index contributed by atoms with van der Waals surface area (Å²) in [6.45, 7) is 4.71. The van der Waals surface area contributed by atoms with Gasteiger partial charge in [0.05, 0.1) is 5.69 Å². The van der Waals surface area contributed by atoms with E-state index in [1.807, 2.05) is 32.2 Å². The maximum atomic E-state index is 5.89. The van der Waals surface area contributed by atoms with Gasteiger partial charge in [0, 0.05) is 25.1 Å². The van der Waals surface area contributed by atoms with Gasteiger partial charge < -0.3 is 11.1 Å². The first kappa shape index (κ1) is 11.4. The maximum absolute atomic E-state index is 5.89. The molecule has 0 atom stereocenters. The second kappa shape index (κ2) is 4.82. The number of nitrogens with zero attached hydrogens (tertiary/aromatic N) is 2. The Bertz CT molecular complexity index is 523. The van der Waals surface area contributed by atoms with E-state index in [0.717, 1.165) is 16.9 Å². The normalized spacial score (nSPS) is 10.2. The van der Waals surface area contributed by atoms with Gasteiger partial charge in [0.25, 0.3) is 0 Å². The van der Waals surface area contributed by atoms with Crippen molar-refractivity contribution >= 4 is 11.5 Å². The predicted octanol–water partition coefficient (Wildman–Crippen LogP) is 2.29. The van der Waals surface area contributed by atoms with Gasteiger partial charge in [0.2, 0.25) is 0 Å². The Morgan fingerprint density at radius 2 is 2.12 bits per heavy atom. The highest BCUT2D eigenvalue weighted by Crippen LogP contribution is 2.17. The molecule has 2 heterocycles. The average Bonchev–Trinajstić information content (AvgIpc) is 2.30. The Labute approximate surface area is 101 Å². The van der Waals surface area contributed by atoms with Crippen molar-refractivity contribution in [2.24, 2.45) is 0 Å². The average molecular weight is 228 g/mol. The van der Waals surface area contributed by atoms with Gasteiger partial charge >= 0.3 is 0 Å². The minimum atomic E-state index is 0.678. The zero-order valence-electron chi connectivity index (χ0n) is 10.1. The summed E-state index contributed by atoms with van der Waals surface area (Å²) in [5.41, 5.74) is 9.98. The molecule has 0 saturated heterocycles. The molecule has 3 N–H and O–H groups in total. The first-order valence-electron chi connectivity index (χ1n) is 5.52. The highest BCUT2D eigenvalue weighted by Gasteiger charge is 2.02. The highest BCUT2D eigenvalue weighted by molar-refractivity contribution is 5.61. The molecule has 17 heavy (non-hydrogen) atoms. The molecule has 0 radical (unpaired) electrons. The van der Waals surface area contributed by atoms with Crippen LogP contribution in [0.3, 0.4) is 0 Å². The Balaban J connectivity index is 2.10. The lowest BCUT2D eigenvalue weighted by atomic mass is 10.1. The highest BCUT2D eigenvalue weighted by atomic mass is 15.0. The number of hydrogen-bond acceptors (Lipinski definition) is 4. The molecule has 2 rings (SSSR count). The van der Waals surface area contributed by atoms with Crippen LogP contribution >= 0.6 is 0 Å². The number of anilines is 2. The summed E-state index contributed by atoms with van der Waals surface area (Å²) in [6.07, 6.45) is 5.44. The van der Waals surface area contributed by atoms with Crippen LogP contribution in [0.2, 0.25) is 0 Å². The third-order valence-electron chi connectivity index (χ3n) is 2.64. The fraction of sp³-hybridized carbons (Fsp3) is 0.231. The van der Waals surface area contributed by atoms with Crippen molar-refractivity contribution in [2.45, 2.75) is 20.4 Å². The Hall–Kier alpha value is -2.10. The van der Waals surface area contributed by atoms with Gasteiger partial charge in [-0.05, 0) is 42.7 Å². The van der Waals surface area contributed by atoms with E-state index in [1.165, 1.54) is 5.56 Å². The molecule has 0 fully saturated rings. The van der Waals surface area contributed by atoms with Crippen molar-refractivity contribution in [3.63, 3.8) is 0 Å². The Morgan fingerprint density at radius 1 is 1.29 bits per heavy atom. The number of nitrogens with two attached hydrogens (primary N) is 1. The molecule has 0 amide bonds. The number of aromatic nitrogens is 2. The van der Waals surface area contributed by atoms with Crippen molar-refractivity contribution in [2.75, 3.05) is 11.1 Å². The van der Waals surface area contributed by atoms with Gasteiger partial charge in [-0.3, -0.25) is 4.98 Å². The molecule has 4 heteroatoms. The summed E-state index contributed by atoms with van der Waals surface area (Å²) in [5.74, 6) is 0.729. The molecular weight excluding hydrogens is 212 g/mol. The number of nitrogen functional groups attached to an aromatic ring is 1. The SMILES string of the molecule is Cc1cnc(NCc2ccncc2C)c(N)c1. The molecular formula is C13H16N4. The second-order valence-corrected chi connectivity index (χ2v) is 4.11. The van der Waals surface area contributed by atoms with Gasteiger partial charge in [-0.2, -0.15) is 0 Å². The quantitative estimate of drug-likeness (QED) is 0.846. The number of hydrogen-bond donors (Lipinski definition) is 2. The van der Waals surface area contributed by atoms with Crippen molar-refractivity contribution in [1.82, 2.24) is 9.97 Å². The summed E-state index contributed by atoms with van der Waals surface area (Å²) < 4.78 is 0. The van der Waals surface area contributed by atoms with Crippen LogP contribution in [0.15, 0.2) is 30.7 Å². The van der Waals surface area contributed by atoms with E-state index in [-0.39, 0.29) is 0 Å². The van der Waals surface area contributed by atoms with E-state index in [9.17, 15) is 0 Å². The zero-order chi connectivity index (χ0) is 12.3. The van der Waals surface area contributed by atoms with Crippen LogP contribution in [0.4, 0.5) is 11.5 Å². The fourth-order valence-electron chi connectivity index (χ4n) is 1.62. The zero-order valence-corrected chi connectivity index (χ0v) is 10.1. The molecule has 0 aliphatic rings.